The van der Waals surface area contributed by atoms with Crippen LogP contribution in [0.5, 0.6) is 5.75 Å². The van der Waals surface area contributed by atoms with Crippen LogP contribution in [0.1, 0.15) is 39.0 Å². The minimum absolute atomic E-state index is 0.205. The van der Waals surface area contributed by atoms with Crippen molar-refractivity contribution in [1.82, 2.24) is 5.32 Å². The first kappa shape index (κ1) is 14.1. The van der Waals surface area contributed by atoms with E-state index in [-0.39, 0.29) is 5.54 Å². The van der Waals surface area contributed by atoms with Crippen LogP contribution in [0.3, 0.4) is 0 Å². The average Bonchev–Trinajstić information content (AvgIpc) is 2.88. The van der Waals surface area contributed by atoms with Gasteiger partial charge in [0.2, 0.25) is 0 Å². The van der Waals surface area contributed by atoms with Crippen LogP contribution < -0.4 is 15.4 Å². The van der Waals surface area contributed by atoms with Gasteiger partial charge < -0.3 is 15.4 Å². The summed E-state index contributed by atoms with van der Waals surface area (Å²) < 4.78 is 5.14. The molecule has 0 aliphatic heterocycles. The number of nitrogens with one attached hydrogen (secondary N) is 2. The fourth-order valence-corrected chi connectivity index (χ4v) is 3.03. The van der Waals surface area contributed by atoms with Crippen LogP contribution in [0.25, 0.3) is 0 Å². The van der Waals surface area contributed by atoms with E-state index in [1.165, 1.54) is 25.7 Å². The molecule has 19 heavy (non-hydrogen) atoms. The summed E-state index contributed by atoms with van der Waals surface area (Å²) in [6.45, 7) is 2.23. The molecular weight excluding hydrogens is 256 g/mol. The zero-order valence-electron chi connectivity index (χ0n) is 11.7. The zero-order valence-corrected chi connectivity index (χ0v) is 12.5. The Morgan fingerprint density at radius 2 is 1.89 bits per heavy atom. The van der Waals surface area contributed by atoms with Crippen LogP contribution in [-0.4, -0.2) is 17.8 Å². The van der Waals surface area contributed by atoms with E-state index in [1.807, 2.05) is 24.3 Å². The normalized spacial score (nSPS) is 16.9. The van der Waals surface area contributed by atoms with Crippen LogP contribution in [0.4, 0.5) is 5.69 Å². The molecule has 0 unspecified atom stereocenters. The van der Waals surface area contributed by atoms with E-state index < -0.39 is 0 Å². The Balaban J connectivity index is 1.93. The molecule has 1 aromatic rings. The summed E-state index contributed by atoms with van der Waals surface area (Å²) >= 11 is 5.42. The molecule has 1 aromatic carbocycles. The highest BCUT2D eigenvalue weighted by atomic mass is 32.1. The molecule has 0 aromatic heterocycles. The maximum Gasteiger partial charge on any atom is 0.171 e. The number of thiocarbonyl (C=S) groups is 1. The predicted octanol–water partition coefficient (Wildman–Crippen LogP) is 3.70. The third kappa shape index (κ3) is 3.60. The lowest BCUT2D eigenvalue weighted by atomic mass is 9.95. The van der Waals surface area contributed by atoms with E-state index >= 15 is 0 Å². The Morgan fingerprint density at radius 3 is 2.42 bits per heavy atom. The lowest BCUT2D eigenvalue weighted by Crippen LogP contribution is -2.47. The molecule has 1 fully saturated rings. The number of rotatable bonds is 4. The average molecular weight is 278 g/mol. The quantitative estimate of drug-likeness (QED) is 0.823. The standard InChI is InChI=1S/C15H22N2OS/c1-3-15(10-4-5-11-15)17-14(19)16-12-6-8-13(18-2)9-7-12/h6-9H,3-5,10-11H2,1-2H3,(H2,16,17,19). The smallest absolute Gasteiger partial charge is 0.171 e. The number of methoxy groups -OCH3 is 1. The van der Waals surface area contributed by atoms with Crippen LogP contribution in [-0.2, 0) is 0 Å². The van der Waals surface area contributed by atoms with Gasteiger partial charge >= 0.3 is 0 Å². The first-order chi connectivity index (χ1) is 9.17. The molecule has 2 N–H and O–H groups in total. The Bertz CT molecular complexity index is 424. The number of anilines is 1. The van der Waals surface area contributed by atoms with Gasteiger partial charge in [-0.25, -0.2) is 0 Å². The highest BCUT2D eigenvalue weighted by Crippen LogP contribution is 2.32. The molecule has 1 saturated carbocycles. The van der Waals surface area contributed by atoms with Gasteiger partial charge in [-0.2, -0.15) is 0 Å². The fraction of sp³-hybridized carbons (Fsp3) is 0.533. The molecule has 0 heterocycles. The number of ether oxygens (including phenoxy) is 1. The van der Waals surface area contributed by atoms with Crippen LogP contribution in [0.2, 0.25) is 0 Å². The monoisotopic (exact) mass is 278 g/mol. The van der Waals surface area contributed by atoms with Gasteiger partial charge in [-0.1, -0.05) is 19.8 Å². The summed E-state index contributed by atoms with van der Waals surface area (Å²) in [5.74, 6) is 0.852. The van der Waals surface area contributed by atoms with Gasteiger partial charge in [-0.05, 0) is 55.7 Å². The first-order valence-corrected chi connectivity index (χ1v) is 7.31. The van der Waals surface area contributed by atoms with Crippen molar-refractivity contribution < 1.29 is 4.74 Å². The summed E-state index contributed by atoms with van der Waals surface area (Å²) in [6, 6.07) is 7.80. The van der Waals surface area contributed by atoms with E-state index in [9.17, 15) is 0 Å². The summed E-state index contributed by atoms with van der Waals surface area (Å²) in [6.07, 6.45) is 6.15. The first-order valence-electron chi connectivity index (χ1n) is 6.91. The maximum atomic E-state index is 5.42. The SMILES string of the molecule is CCC1(NC(=S)Nc2ccc(OC)cc2)CCCC1. The third-order valence-corrected chi connectivity index (χ3v) is 4.17. The number of hydrogen-bond acceptors (Lipinski definition) is 2. The van der Waals surface area contributed by atoms with Gasteiger partial charge in [0, 0.05) is 11.2 Å². The summed E-state index contributed by atoms with van der Waals surface area (Å²) in [5.41, 5.74) is 1.19. The van der Waals surface area contributed by atoms with Crippen molar-refractivity contribution in [3.63, 3.8) is 0 Å². The molecule has 0 saturated heterocycles. The molecule has 0 bridgehead atoms. The fourth-order valence-electron chi connectivity index (χ4n) is 2.70. The van der Waals surface area contributed by atoms with Crippen LogP contribution in [0.15, 0.2) is 24.3 Å². The zero-order chi connectivity index (χ0) is 13.7. The number of hydrogen-bond donors (Lipinski definition) is 2. The van der Waals surface area contributed by atoms with E-state index in [2.05, 4.69) is 17.6 Å². The second-order valence-electron chi connectivity index (χ2n) is 5.15. The van der Waals surface area contributed by atoms with E-state index in [4.69, 9.17) is 17.0 Å². The van der Waals surface area contributed by atoms with Crippen LogP contribution >= 0.6 is 12.2 Å². The Labute approximate surface area is 120 Å². The molecule has 1 aliphatic carbocycles. The lowest BCUT2D eigenvalue weighted by Gasteiger charge is -2.30. The summed E-state index contributed by atoms with van der Waals surface area (Å²) in [5, 5.41) is 7.47. The van der Waals surface area contributed by atoms with Crippen molar-refractivity contribution in [2.45, 2.75) is 44.6 Å². The lowest BCUT2D eigenvalue weighted by molar-refractivity contribution is 0.378. The molecule has 104 valence electrons. The van der Waals surface area contributed by atoms with E-state index in [1.54, 1.807) is 7.11 Å². The topological polar surface area (TPSA) is 33.3 Å². The van der Waals surface area contributed by atoms with Gasteiger partial charge in [0.25, 0.3) is 0 Å². The van der Waals surface area contributed by atoms with Gasteiger partial charge in [0.1, 0.15) is 5.75 Å². The van der Waals surface area contributed by atoms with Crippen molar-refractivity contribution in [3.8, 4) is 5.75 Å². The van der Waals surface area contributed by atoms with Crippen molar-refractivity contribution in [2.24, 2.45) is 0 Å². The van der Waals surface area contributed by atoms with Crippen molar-refractivity contribution in [2.75, 3.05) is 12.4 Å². The molecular formula is C15H22N2OS. The van der Waals surface area contributed by atoms with Gasteiger partial charge in [-0.3, -0.25) is 0 Å². The second-order valence-corrected chi connectivity index (χ2v) is 5.56. The minimum atomic E-state index is 0.205. The van der Waals surface area contributed by atoms with E-state index in [0.29, 0.717) is 5.11 Å². The van der Waals surface area contributed by atoms with Crippen molar-refractivity contribution in [1.29, 1.82) is 0 Å². The Morgan fingerprint density at radius 1 is 1.26 bits per heavy atom. The molecule has 0 spiro atoms. The molecule has 0 amide bonds. The minimum Gasteiger partial charge on any atom is -0.497 e. The second kappa shape index (κ2) is 6.24. The largest absolute Gasteiger partial charge is 0.497 e. The summed E-state index contributed by atoms with van der Waals surface area (Å²) in [4.78, 5) is 0. The van der Waals surface area contributed by atoms with Crippen molar-refractivity contribution >= 4 is 23.0 Å². The van der Waals surface area contributed by atoms with Crippen LogP contribution in [0, 0.1) is 0 Å². The molecule has 2 rings (SSSR count). The molecule has 0 radical (unpaired) electrons. The Kier molecular flexibility index (Phi) is 4.64. The van der Waals surface area contributed by atoms with Gasteiger partial charge in [0.15, 0.2) is 5.11 Å². The number of benzene rings is 1. The maximum absolute atomic E-state index is 5.42. The van der Waals surface area contributed by atoms with Crippen molar-refractivity contribution in [3.05, 3.63) is 24.3 Å². The Hall–Kier alpha value is -1.29. The highest BCUT2D eigenvalue weighted by Gasteiger charge is 2.32. The summed E-state index contributed by atoms with van der Waals surface area (Å²) in [7, 11) is 1.67. The molecule has 4 heteroatoms. The van der Waals surface area contributed by atoms with Gasteiger partial charge in [0.05, 0.1) is 7.11 Å². The van der Waals surface area contributed by atoms with Gasteiger partial charge in [-0.15, -0.1) is 0 Å². The van der Waals surface area contributed by atoms with E-state index in [0.717, 1.165) is 17.9 Å². The molecule has 0 atom stereocenters. The molecule has 3 nitrogen and oxygen atoms in total. The predicted molar refractivity (Wildman–Crippen MR) is 83.8 cm³/mol. The molecule has 1 aliphatic rings. The third-order valence-electron chi connectivity index (χ3n) is 3.96. The highest BCUT2D eigenvalue weighted by molar-refractivity contribution is 7.80.